The molecule has 96 valence electrons. The molecule has 1 aromatic heterocycles. The summed E-state index contributed by atoms with van der Waals surface area (Å²) in [7, 11) is 0. The normalized spacial score (nSPS) is 27.4. The van der Waals surface area contributed by atoms with Gasteiger partial charge in [0.1, 0.15) is 0 Å². The molecule has 1 saturated heterocycles. The van der Waals surface area contributed by atoms with Crippen LogP contribution in [0.2, 0.25) is 0 Å². The van der Waals surface area contributed by atoms with Gasteiger partial charge in [0, 0.05) is 16.4 Å². The molecule has 3 unspecified atom stereocenters. The van der Waals surface area contributed by atoms with Gasteiger partial charge in [0.15, 0.2) is 0 Å². The molecule has 2 heterocycles. The third-order valence-corrected chi connectivity index (χ3v) is 5.58. The van der Waals surface area contributed by atoms with Crippen LogP contribution in [0, 0.1) is 5.92 Å². The molecule has 0 spiro atoms. The first-order chi connectivity index (χ1) is 7.89. The zero-order valence-corrected chi connectivity index (χ0v) is 12.6. The van der Waals surface area contributed by atoms with E-state index >= 15 is 0 Å². The molecule has 3 atom stereocenters. The highest BCUT2D eigenvalue weighted by atomic mass is 35.5. The van der Waals surface area contributed by atoms with E-state index in [2.05, 4.69) is 39.8 Å². The van der Waals surface area contributed by atoms with Gasteiger partial charge in [0.25, 0.3) is 0 Å². The highest BCUT2D eigenvalue weighted by Gasteiger charge is 2.33. The second-order valence-electron chi connectivity index (χ2n) is 5.96. The number of halogens is 1. The molecule has 0 saturated carbocycles. The van der Waals surface area contributed by atoms with Crippen molar-refractivity contribution in [3.8, 4) is 0 Å². The van der Waals surface area contributed by atoms with Crippen LogP contribution in [0.4, 0.5) is 0 Å². The third-order valence-electron chi connectivity index (χ3n) is 3.37. The zero-order chi connectivity index (χ0) is 12.6. The fraction of sp³-hybridized carbons (Fsp3) is 0.714. The van der Waals surface area contributed by atoms with Gasteiger partial charge in [-0.3, -0.25) is 0 Å². The van der Waals surface area contributed by atoms with E-state index in [1.54, 1.807) is 0 Å². The maximum Gasteiger partial charge on any atom is 0.0942 e. The molecule has 2 rings (SSSR count). The molecule has 1 aliphatic rings. The highest BCUT2D eigenvalue weighted by molar-refractivity contribution is 7.12. The van der Waals surface area contributed by atoms with Crippen molar-refractivity contribution in [2.75, 3.05) is 6.61 Å². The monoisotopic (exact) mass is 272 g/mol. The first-order valence-corrected chi connectivity index (χ1v) is 7.51. The average Bonchev–Trinajstić information content (AvgIpc) is 2.83. The summed E-state index contributed by atoms with van der Waals surface area (Å²) in [5, 5.41) is 0.00796. The van der Waals surface area contributed by atoms with E-state index in [0.29, 0.717) is 5.92 Å². The predicted molar refractivity (Wildman–Crippen MR) is 75.1 cm³/mol. The minimum atomic E-state index is 0.00796. The van der Waals surface area contributed by atoms with Crippen LogP contribution in [0.15, 0.2) is 12.1 Å². The number of hydrogen-bond acceptors (Lipinski definition) is 2. The number of ether oxygens (including phenoxy) is 1. The fourth-order valence-electron chi connectivity index (χ4n) is 2.16. The zero-order valence-electron chi connectivity index (χ0n) is 11.0. The fourth-order valence-corrected chi connectivity index (χ4v) is 3.76. The second kappa shape index (κ2) is 4.91. The summed E-state index contributed by atoms with van der Waals surface area (Å²) in [4.78, 5) is 2.64. The highest BCUT2D eigenvalue weighted by Crippen LogP contribution is 2.40. The van der Waals surface area contributed by atoms with Crippen LogP contribution in [-0.2, 0) is 10.2 Å². The van der Waals surface area contributed by atoms with E-state index < -0.39 is 0 Å². The van der Waals surface area contributed by atoms with Gasteiger partial charge in [-0.2, -0.15) is 0 Å². The van der Waals surface area contributed by atoms with Gasteiger partial charge < -0.3 is 4.74 Å². The molecule has 1 fully saturated rings. The summed E-state index contributed by atoms with van der Waals surface area (Å²) in [6.45, 7) is 9.79. The van der Waals surface area contributed by atoms with Crippen LogP contribution in [0.3, 0.4) is 0 Å². The number of thiophene rings is 1. The molecule has 0 N–H and O–H groups in total. The van der Waals surface area contributed by atoms with Gasteiger partial charge >= 0.3 is 0 Å². The van der Waals surface area contributed by atoms with E-state index in [1.165, 1.54) is 9.75 Å². The Balaban J connectivity index is 2.14. The molecule has 0 bridgehead atoms. The largest absolute Gasteiger partial charge is 0.376 e. The van der Waals surface area contributed by atoms with Gasteiger partial charge in [0.2, 0.25) is 0 Å². The molecule has 0 aliphatic carbocycles. The molecule has 0 aromatic carbocycles. The van der Waals surface area contributed by atoms with Gasteiger partial charge in [0.05, 0.1) is 11.5 Å². The van der Waals surface area contributed by atoms with Crippen LogP contribution < -0.4 is 0 Å². The second-order valence-corrected chi connectivity index (χ2v) is 7.54. The summed E-state index contributed by atoms with van der Waals surface area (Å²) in [5.41, 5.74) is 0.210. The van der Waals surface area contributed by atoms with E-state index in [9.17, 15) is 0 Å². The summed E-state index contributed by atoms with van der Waals surface area (Å²) >= 11 is 8.38. The minimum Gasteiger partial charge on any atom is -0.376 e. The smallest absolute Gasteiger partial charge is 0.0942 e. The summed E-state index contributed by atoms with van der Waals surface area (Å²) in [6.07, 6.45) is 1.31. The molecule has 1 aromatic rings. The maximum absolute atomic E-state index is 6.56. The minimum absolute atomic E-state index is 0.00796. The van der Waals surface area contributed by atoms with E-state index in [-0.39, 0.29) is 16.9 Å². The Labute approximate surface area is 113 Å². The molecular formula is C14H21ClOS. The molecule has 3 heteroatoms. The van der Waals surface area contributed by atoms with Crippen molar-refractivity contribution in [1.82, 2.24) is 0 Å². The van der Waals surface area contributed by atoms with Crippen molar-refractivity contribution in [2.45, 2.75) is 51.0 Å². The third kappa shape index (κ3) is 2.86. The number of alkyl halides is 1. The Morgan fingerprint density at radius 1 is 1.41 bits per heavy atom. The van der Waals surface area contributed by atoms with Crippen molar-refractivity contribution >= 4 is 22.9 Å². The van der Waals surface area contributed by atoms with Gasteiger partial charge in [-0.05, 0) is 29.9 Å². The van der Waals surface area contributed by atoms with Crippen LogP contribution in [0.25, 0.3) is 0 Å². The van der Waals surface area contributed by atoms with E-state index in [1.807, 2.05) is 11.3 Å². The van der Waals surface area contributed by atoms with Crippen molar-refractivity contribution in [1.29, 1.82) is 0 Å². The van der Waals surface area contributed by atoms with E-state index in [4.69, 9.17) is 16.3 Å². The topological polar surface area (TPSA) is 9.23 Å². The van der Waals surface area contributed by atoms with Crippen molar-refractivity contribution in [3.63, 3.8) is 0 Å². The lowest BCUT2D eigenvalue weighted by molar-refractivity contribution is 0.0910. The first kappa shape index (κ1) is 13.4. The average molecular weight is 273 g/mol. The Bertz CT molecular complexity index is 380. The summed E-state index contributed by atoms with van der Waals surface area (Å²) in [6, 6.07) is 4.37. The Kier molecular flexibility index (Phi) is 3.86. The Hall–Kier alpha value is -0.0500. The first-order valence-electron chi connectivity index (χ1n) is 6.25. The quantitative estimate of drug-likeness (QED) is 0.706. The molecular weight excluding hydrogens is 252 g/mol. The van der Waals surface area contributed by atoms with Crippen LogP contribution in [0.5, 0.6) is 0 Å². The van der Waals surface area contributed by atoms with Crippen LogP contribution in [-0.4, -0.2) is 12.7 Å². The van der Waals surface area contributed by atoms with Crippen molar-refractivity contribution < 1.29 is 4.74 Å². The molecule has 1 aliphatic heterocycles. The number of rotatable bonds is 2. The summed E-state index contributed by atoms with van der Waals surface area (Å²) in [5.74, 6) is 0.567. The lowest BCUT2D eigenvalue weighted by atomic mass is 9.95. The maximum atomic E-state index is 6.56. The predicted octanol–water partition coefficient (Wildman–Crippen LogP) is 4.75. The van der Waals surface area contributed by atoms with Crippen molar-refractivity contribution in [3.05, 3.63) is 21.9 Å². The molecule has 1 nitrogen and oxygen atoms in total. The van der Waals surface area contributed by atoms with Gasteiger partial charge in [-0.15, -0.1) is 22.9 Å². The number of hydrogen-bond donors (Lipinski definition) is 0. The van der Waals surface area contributed by atoms with Gasteiger partial charge in [-0.1, -0.05) is 27.7 Å². The van der Waals surface area contributed by atoms with Gasteiger partial charge in [-0.25, -0.2) is 0 Å². The lowest BCUT2D eigenvalue weighted by Crippen LogP contribution is -2.18. The lowest BCUT2D eigenvalue weighted by Gasteiger charge is -2.20. The van der Waals surface area contributed by atoms with E-state index in [0.717, 1.165) is 13.0 Å². The Morgan fingerprint density at radius 3 is 2.59 bits per heavy atom. The van der Waals surface area contributed by atoms with Crippen LogP contribution in [0.1, 0.15) is 49.2 Å². The van der Waals surface area contributed by atoms with Crippen molar-refractivity contribution in [2.24, 2.45) is 5.92 Å². The Morgan fingerprint density at radius 2 is 2.12 bits per heavy atom. The standard InChI is InChI=1S/C14H21ClOS/c1-9-7-8-16-13(9)12(15)10-5-6-11(17-10)14(2,3)4/h5-6,9,12-13H,7-8H2,1-4H3. The van der Waals surface area contributed by atoms with Crippen LogP contribution >= 0.6 is 22.9 Å². The SMILES string of the molecule is CC1CCOC1C(Cl)c1ccc(C(C)(C)C)s1. The summed E-state index contributed by atoms with van der Waals surface area (Å²) < 4.78 is 5.75. The molecule has 0 amide bonds. The molecule has 0 radical (unpaired) electrons. The molecule has 17 heavy (non-hydrogen) atoms.